The van der Waals surface area contributed by atoms with E-state index < -0.39 is 12.5 Å². The van der Waals surface area contributed by atoms with Crippen LogP contribution in [-0.4, -0.2) is 29.3 Å². The summed E-state index contributed by atoms with van der Waals surface area (Å²) < 4.78 is 40.9. The number of hydrogen-bond donors (Lipinski definition) is 2. The topological polar surface area (TPSA) is 66.0 Å². The number of benzene rings is 2. The summed E-state index contributed by atoms with van der Waals surface area (Å²) in [7, 11) is 0. The molecule has 0 aliphatic carbocycles. The molecule has 2 aliphatic rings. The molecule has 6 nitrogen and oxygen atoms in total. The van der Waals surface area contributed by atoms with E-state index in [1.807, 2.05) is 37.3 Å². The Labute approximate surface area is 164 Å². The van der Waals surface area contributed by atoms with Crippen LogP contribution in [0.2, 0.25) is 0 Å². The van der Waals surface area contributed by atoms with E-state index in [1.54, 1.807) is 11.1 Å². The summed E-state index contributed by atoms with van der Waals surface area (Å²) in [5.41, 5.74) is 2.04. The molecule has 2 aliphatic heterocycles. The van der Waals surface area contributed by atoms with Gasteiger partial charge in [-0.15, -0.1) is 13.2 Å². The molecule has 0 bridgehead atoms. The molecular weight excluding hydrogens is 385 g/mol. The maximum absolute atomic E-state index is 12.5. The highest BCUT2D eigenvalue weighted by atomic mass is 19.4. The molecule has 2 amide bonds. The Morgan fingerprint density at radius 1 is 1.10 bits per heavy atom. The summed E-state index contributed by atoms with van der Waals surface area (Å²) in [5.74, 6) is 0.188. The number of hydrogen-bond acceptors (Lipinski definition) is 4. The number of fused-ring (bicyclic) bond motifs is 1. The monoisotopic (exact) mass is 402 g/mol. The summed E-state index contributed by atoms with van der Waals surface area (Å²) >= 11 is 0. The number of carbonyl (C=O) groups excluding carboxylic acids is 1. The molecule has 2 aromatic rings. The number of nitrogens with one attached hydrogen (secondary N) is 2. The summed E-state index contributed by atoms with van der Waals surface area (Å²) in [5, 5.41) is 5.89. The van der Waals surface area contributed by atoms with Gasteiger partial charge in [-0.2, -0.15) is 0 Å². The summed E-state index contributed by atoms with van der Waals surface area (Å²) in [6.45, 7) is 1.90. The van der Waals surface area contributed by atoms with Crippen molar-refractivity contribution in [3.8, 4) is 5.75 Å². The number of carbonyl (C=O) groups is 1. The molecule has 150 valence electrons. The quantitative estimate of drug-likeness (QED) is 0.813. The molecule has 0 spiro atoms. The van der Waals surface area contributed by atoms with Gasteiger partial charge in [0, 0.05) is 11.8 Å². The van der Waals surface area contributed by atoms with Crippen molar-refractivity contribution in [2.75, 3.05) is 0 Å². The third-order valence-corrected chi connectivity index (χ3v) is 4.67. The van der Waals surface area contributed by atoms with E-state index in [1.165, 1.54) is 24.3 Å². The number of urea groups is 1. The molecular formula is C20H17F3N4O2. The van der Waals surface area contributed by atoms with Crippen LogP contribution in [0.5, 0.6) is 5.75 Å². The van der Waals surface area contributed by atoms with Crippen molar-refractivity contribution in [2.24, 2.45) is 4.99 Å². The zero-order chi connectivity index (χ0) is 20.6. The minimum Gasteiger partial charge on any atom is -0.406 e. The Morgan fingerprint density at radius 2 is 1.79 bits per heavy atom. The van der Waals surface area contributed by atoms with Crippen LogP contribution in [0.1, 0.15) is 24.1 Å². The molecule has 2 N–H and O–H groups in total. The number of amidine groups is 1. The second kappa shape index (κ2) is 7.16. The van der Waals surface area contributed by atoms with Crippen LogP contribution in [0.15, 0.2) is 65.8 Å². The van der Waals surface area contributed by atoms with Gasteiger partial charge in [0.1, 0.15) is 5.75 Å². The van der Waals surface area contributed by atoms with Crippen molar-refractivity contribution < 1.29 is 22.7 Å². The third-order valence-electron chi connectivity index (χ3n) is 4.67. The van der Waals surface area contributed by atoms with Gasteiger partial charge in [-0.25, -0.2) is 9.79 Å². The third kappa shape index (κ3) is 3.89. The van der Waals surface area contributed by atoms with Gasteiger partial charge in [0.05, 0.1) is 11.7 Å². The van der Waals surface area contributed by atoms with Gasteiger partial charge in [0.25, 0.3) is 0 Å². The fourth-order valence-electron chi connectivity index (χ4n) is 3.28. The fraction of sp³-hybridized carbons (Fsp3) is 0.200. The van der Waals surface area contributed by atoms with E-state index in [0.29, 0.717) is 17.1 Å². The highest BCUT2D eigenvalue weighted by molar-refractivity contribution is 6.09. The van der Waals surface area contributed by atoms with Gasteiger partial charge in [0.2, 0.25) is 0 Å². The number of amides is 2. The molecule has 0 saturated carbocycles. The second-order valence-electron chi connectivity index (χ2n) is 6.58. The zero-order valence-electron chi connectivity index (χ0n) is 15.3. The minimum absolute atomic E-state index is 0.247. The number of ether oxygens (including phenoxy) is 1. The maximum atomic E-state index is 12.5. The standard InChI is InChI=1S/C20H17F3N4O2/c1-12(13-5-3-2-4-6-13)27-18-17(26-19(27)28)24-11-16(25-18)14-7-9-15(10-8-14)29-20(21,22)23/h2-12,17,24H,1H3,(H,26,28)/t12-,17?/m1/s1. The van der Waals surface area contributed by atoms with Crippen molar-refractivity contribution in [1.82, 2.24) is 15.5 Å². The van der Waals surface area contributed by atoms with Crippen LogP contribution in [-0.2, 0) is 0 Å². The normalized spacial score (nSPS) is 19.5. The van der Waals surface area contributed by atoms with E-state index in [-0.39, 0.29) is 17.8 Å². The van der Waals surface area contributed by atoms with E-state index in [2.05, 4.69) is 20.4 Å². The molecule has 2 heterocycles. The van der Waals surface area contributed by atoms with Crippen molar-refractivity contribution in [2.45, 2.75) is 25.5 Å². The van der Waals surface area contributed by atoms with E-state index >= 15 is 0 Å². The van der Waals surface area contributed by atoms with Crippen LogP contribution in [0.3, 0.4) is 0 Å². The minimum atomic E-state index is -4.75. The number of alkyl halides is 3. The molecule has 0 radical (unpaired) electrons. The molecule has 4 rings (SSSR count). The van der Waals surface area contributed by atoms with Crippen LogP contribution in [0.25, 0.3) is 5.70 Å². The van der Waals surface area contributed by atoms with Crippen LogP contribution < -0.4 is 15.4 Å². The van der Waals surface area contributed by atoms with Gasteiger partial charge in [-0.3, -0.25) is 4.90 Å². The molecule has 1 fully saturated rings. The zero-order valence-corrected chi connectivity index (χ0v) is 15.3. The average Bonchev–Trinajstić information content (AvgIpc) is 3.02. The highest BCUT2D eigenvalue weighted by Crippen LogP contribution is 2.29. The molecule has 2 aromatic carbocycles. The Balaban J connectivity index is 1.59. The summed E-state index contributed by atoms with van der Waals surface area (Å²) in [4.78, 5) is 18.7. The number of aliphatic imine (C=N–C) groups is 1. The number of halogens is 3. The molecule has 29 heavy (non-hydrogen) atoms. The van der Waals surface area contributed by atoms with Crippen LogP contribution >= 0.6 is 0 Å². The van der Waals surface area contributed by atoms with E-state index in [9.17, 15) is 18.0 Å². The lowest BCUT2D eigenvalue weighted by atomic mass is 10.1. The Bertz CT molecular complexity index is 971. The van der Waals surface area contributed by atoms with Crippen molar-refractivity contribution in [1.29, 1.82) is 0 Å². The van der Waals surface area contributed by atoms with Gasteiger partial charge in [-0.1, -0.05) is 30.3 Å². The first kappa shape index (κ1) is 18.9. The SMILES string of the molecule is C[C@H](c1ccccc1)N1C(=O)NC2NC=C(c3ccc(OC(F)(F)F)cc3)N=C21. The molecule has 9 heteroatoms. The average molecular weight is 402 g/mol. The van der Waals surface area contributed by atoms with Gasteiger partial charge in [-0.05, 0) is 36.8 Å². The smallest absolute Gasteiger partial charge is 0.406 e. The predicted molar refractivity (Wildman–Crippen MR) is 101 cm³/mol. The Hall–Kier alpha value is -3.49. The lowest BCUT2D eigenvalue weighted by Gasteiger charge is -2.26. The molecule has 1 saturated heterocycles. The number of rotatable bonds is 4. The van der Waals surface area contributed by atoms with E-state index in [4.69, 9.17) is 0 Å². The lowest BCUT2D eigenvalue weighted by Crippen LogP contribution is -2.43. The van der Waals surface area contributed by atoms with Crippen molar-refractivity contribution >= 4 is 17.6 Å². The lowest BCUT2D eigenvalue weighted by molar-refractivity contribution is -0.274. The van der Waals surface area contributed by atoms with Crippen LogP contribution in [0.4, 0.5) is 18.0 Å². The first-order valence-corrected chi connectivity index (χ1v) is 8.87. The molecule has 1 unspecified atom stereocenters. The second-order valence-corrected chi connectivity index (χ2v) is 6.58. The fourth-order valence-corrected chi connectivity index (χ4v) is 3.28. The summed E-state index contributed by atoms with van der Waals surface area (Å²) in [6, 6.07) is 14.4. The molecule has 0 aromatic heterocycles. The van der Waals surface area contributed by atoms with Crippen LogP contribution in [0, 0.1) is 0 Å². The van der Waals surface area contributed by atoms with Crippen molar-refractivity contribution in [3.05, 3.63) is 71.9 Å². The number of nitrogens with zero attached hydrogens (tertiary/aromatic N) is 2. The largest absolute Gasteiger partial charge is 0.573 e. The maximum Gasteiger partial charge on any atom is 0.573 e. The molecule has 2 atom stereocenters. The summed E-state index contributed by atoms with van der Waals surface area (Å²) in [6.07, 6.45) is -3.60. The first-order valence-electron chi connectivity index (χ1n) is 8.87. The predicted octanol–water partition coefficient (Wildman–Crippen LogP) is 4.00. The highest BCUT2D eigenvalue weighted by Gasteiger charge is 2.40. The first-order chi connectivity index (χ1) is 13.8. The van der Waals surface area contributed by atoms with Gasteiger partial charge in [0.15, 0.2) is 12.0 Å². The van der Waals surface area contributed by atoms with Gasteiger partial charge < -0.3 is 15.4 Å². The Kier molecular flexibility index (Phi) is 4.65. The van der Waals surface area contributed by atoms with E-state index in [0.717, 1.165) is 5.56 Å². The Morgan fingerprint density at radius 3 is 2.45 bits per heavy atom. The van der Waals surface area contributed by atoms with Crippen molar-refractivity contribution in [3.63, 3.8) is 0 Å². The van der Waals surface area contributed by atoms with Gasteiger partial charge >= 0.3 is 12.4 Å².